The summed E-state index contributed by atoms with van der Waals surface area (Å²) in [5, 5.41) is 3.38. The monoisotopic (exact) mass is 252 g/mol. The highest BCUT2D eigenvalue weighted by atomic mass is 16.5. The molecule has 1 aromatic heterocycles. The van der Waals surface area contributed by atoms with Gasteiger partial charge in [-0.25, -0.2) is 9.97 Å². The minimum atomic E-state index is -0.105. The van der Waals surface area contributed by atoms with Crippen LogP contribution < -0.4 is 15.8 Å². The SMILES string of the molecule is COc1c(N)ncnc1NC(C)(C)CC(C)(C)C. The first-order valence-corrected chi connectivity index (χ1v) is 6.07. The summed E-state index contributed by atoms with van der Waals surface area (Å²) in [5.41, 5.74) is 5.88. The quantitative estimate of drug-likeness (QED) is 0.862. The minimum Gasteiger partial charge on any atom is -0.490 e. The van der Waals surface area contributed by atoms with Crippen LogP contribution in [0.3, 0.4) is 0 Å². The topological polar surface area (TPSA) is 73.1 Å². The van der Waals surface area contributed by atoms with Crippen molar-refractivity contribution >= 4 is 11.6 Å². The van der Waals surface area contributed by atoms with Gasteiger partial charge < -0.3 is 15.8 Å². The van der Waals surface area contributed by atoms with Crippen molar-refractivity contribution < 1.29 is 4.74 Å². The van der Waals surface area contributed by atoms with Crippen molar-refractivity contribution in [1.29, 1.82) is 0 Å². The molecule has 3 N–H and O–H groups in total. The molecule has 0 aliphatic carbocycles. The van der Waals surface area contributed by atoms with Crippen LogP contribution >= 0.6 is 0 Å². The Hall–Kier alpha value is -1.52. The summed E-state index contributed by atoms with van der Waals surface area (Å²) in [6.45, 7) is 10.9. The molecule has 1 rings (SSSR count). The van der Waals surface area contributed by atoms with E-state index in [1.54, 1.807) is 7.11 Å². The molecule has 0 aliphatic rings. The lowest BCUT2D eigenvalue weighted by atomic mass is 9.82. The molecule has 0 saturated carbocycles. The van der Waals surface area contributed by atoms with Gasteiger partial charge in [0.25, 0.3) is 0 Å². The zero-order chi connectivity index (χ0) is 14.0. The minimum absolute atomic E-state index is 0.105. The van der Waals surface area contributed by atoms with Gasteiger partial charge in [0.05, 0.1) is 7.11 Å². The highest BCUT2D eigenvalue weighted by Gasteiger charge is 2.27. The molecule has 0 fully saturated rings. The maximum absolute atomic E-state index is 5.76. The van der Waals surface area contributed by atoms with E-state index in [4.69, 9.17) is 10.5 Å². The predicted octanol–water partition coefficient (Wildman–Crippen LogP) is 2.69. The van der Waals surface area contributed by atoms with Crippen LogP contribution in [0, 0.1) is 5.41 Å². The second-order valence-corrected chi connectivity index (χ2v) is 6.39. The highest BCUT2D eigenvalue weighted by Crippen LogP contribution is 2.33. The number of methoxy groups -OCH3 is 1. The fourth-order valence-electron chi connectivity index (χ4n) is 2.37. The van der Waals surface area contributed by atoms with Gasteiger partial charge in [0.15, 0.2) is 11.6 Å². The van der Waals surface area contributed by atoms with Gasteiger partial charge in [0, 0.05) is 5.54 Å². The van der Waals surface area contributed by atoms with Gasteiger partial charge in [0.2, 0.25) is 5.75 Å². The fourth-order valence-corrected chi connectivity index (χ4v) is 2.37. The third kappa shape index (κ3) is 4.05. The standard InChI is InChI=1S/C13H24N4O/c1-12(2,3)7-13(4,5)17-11-9(18-6)10(14)15-8-16-11/h8H,7H2,1-6H3,(H3,14,15,16,17). The largest absolute Gasteiger partial charge is 0.490 e. The first-order chi connectivity index (χ1) is 8.14. The van der Waals surface area contributed by atoms with Crippen LogP contribution in [0.1, 0.15) is 41.0 Å². The van der Waals surface area contributed by atoms with E-state index in [0.717, 1.165) is 6.42 Å². The van der Waals surface area contributed by atoms with Gasteiger partial charge in [-0.3, -0.25) is 0 Å². The van der Waals surface area contributed by atoms with E-state index in [0.29, 0.717) is 17.4 Å². The Kier molecular flexibility index (Phi) is 4.04. The first kappa shape index (κ1) is 14.5. The van der Waals surface area contributed by atoms with E-state index in [-0.39, 0.29) is 11.0 Å². The van der Waals surface area contributed by atoms with Gasteiger partial charge in [-0.05, 0) is 25.7 Å². The summed E-state index contributed by atoms with van der Waals surface area (Å²) in [5.74, 6) is 1.49. The molecule has 0 spiro atoms. The fraction of sp³-hybridized carbons (Fsp3) is 0.692. The molecule has 0 unspecified atom stereocenters. The Bertz CT molecular complexity index is 410. The first-order valence-electron chi connectivity index (χ1n) is 6.07. The molecule has 0 amide bonds. The second kappa shape index (κ2) is 5.00. The third-order valence-electron chi connectivity index (χ3n) is 2.46. The summed E-state index contributed by atoms with van der Waals surface area (Å²) >= 11 is 0. The molecule has 102 valence electrons. The molecule has 0 aliphatic heterocycles. The van der Waals surface area contributed by atoms with Crippen LogP contribution in [0.5, 0.6) is 5.75 Å². The number of aromatic nitrogens is 2. The van der Waals surface area contributed by atoms with E-state index in [1.807, 2.05) is 0 Å². The lowest BCUT2D eigenvalue weighted by molar-refractivity contribution is 0.301. The molecular weight excluding hydrogens is 228 g/mol. The predicted molar refractivity (Wildman–Crippen MR) is 74.8 cm³/mol. The number of nitrogens with zero attached hydrogens (tertiary/aromatic N) is 2. The molecule has 0 radical (unpaired) electrons. The van der Waals surface area contributed by atoms with E-state index < -0.39 is 0 Å². The van der Waals surface area contributed by atoms with Crippen molar-refractivity contribution in [3.05, 3.63) is 6.33 Å². The summed E-state index contributed by atoms with van der Waals surface area (Å²) in [4.78, 5) is 8.12. The van der Waals surface area contributed by atoms with Gasteiger partial charge in [-0.2, -0.15) is 0 Å². The molecule has 0 atom stereocenters. The van der Waals surface area contributed by atoms with Crippen LogP contribution in [-0.4, -0.2) is 22.6 Å². The van der Waals surface area contributed by atoms with Gasteiger partial charge in [-0.15, -0.1) is 0 Å². The lowest BCUT2D eigenvalue weighted by Gasteiger charge is -2.34. The van der Waals surface area contributed by atoms with E-state index >= 15 is 0 Å². The molecule has 5 heteroatoms. The summed E-state index contributed by atoms with van der Waals surface area (Å²) in [6, 6.07) is 0. The Labute approximate surface area is 109 Å². The highest BCUT2D eigenvalue weighted by molar-refractivity contribution is 5.62. The van der Waals surface area contributed by atoms with Crippen molar-refractivity contribution in [1.82, 2.24) is 9.97 Å². The third-order valence-corrected chi connectivity index (χ3v) is 2.46. The maximum atomic E-state index is 5.76. The molecule has 0 aromatic carbocycles. The van der Waals surface area contributed by atoms with Crippen LogP contribution in [0.15, 0.2) is 6.33 Å². The number of anilines is 2. The number of nitrogens with one attached hydrogen (secondary N) is 1. The molecule has 5 nitrogen and oxygen atoms in total. The van der Waals surface area contributed by atoms with Crippen molar-refractivity contribution in [3.63, 3.8) is 0 Å². The normalized spacial score (nSPS) is 12.3. The van der Waals surface area contributed by atoms with E-state index in [2.05, 4.69) is 49.9 Å². The van der Waals surface area contributed by atoms with E-state index in [9.17, 15) is 0 Å². The molecular formula is C13H24N4O. The van der Waals surface area contributed by atoms with Crippen LogP contribution in [0.4, 0.5) is 11.6 Å². The van der Waals surface area contributed by atoms with Gasteiger partial charge in [0.1, 0.15) is 6.33 Å². The Morgan fingerprint density at radius 3 is 2.33 bits per heavy atom. The number of hydrogen-bond acceptors (Lipinski definition) is 5. The average Bonchev–Trinajstić information content (AvgIpc) is 2.13. The van der Waals surface area contributed by atoms with Crippen molar-refractivity contribution in [3.8, 4) is 5.75 Å². The summed E-state index contributed by atoms with van der Waals surface area (Å²) in [6.07, 6.45) is 2.43. The lowest BCUT2D eigenvalue weighted by Crippen LogP contribution is -2.36. The molecule has 18 heavy (non-hydrogen) atoms. The smallest absolute Gasteiger partial charge is 0.203 e. The summed E-state index contributed by atoms with van der Waals surface area (Å²) in [7, 11) is 1.57. The van der Waals surface area contributed by atoms with Crippen LogP contribution in [0.25, 0.3) is 0 Å². The van der Waals surface area contributed by atoms with Gasteiger partial charge in [-0.1, -0.05) is 20.8 Å². The molecule has 1 heterocycles. The van der Waals surface area contributed by atoms with Gasteiger partial charge >= 0.3 is 0 Å². The number of nitrogens with two attached hydrogens (primary N) is 1. The van der Waals surface area contributed by atoms with Crippen LogP contribution in [-0.2, 0) is 0 Å². The number of hydrogen-bond donors (Lipinski definition) is 2. The van der Waals surface area contributed by atoms with Crippen molar-refractivity contribution in [2.24, 2.45) is 5.41 Å². The van der Waals surface area contributed by atoms with Crippen LogP contribution in [0.2, 0.25) is 0 Å². The average molecular weight is 252 g/mol. The second-order valence-electron chi connectivity index (χ2n) is 6.39. The number of rotatable bonds is 4. The molecule has 0 saturated heterocycles. The van der Waals surface area contributed by atoms with Crippen molar-refractivity contribution in [2.75, 3.05) is 18.2 Å². The maximum Gasteiger partial charge on any atom is 0.203 e. The molecule has 0 bridgehead atoms. The zero-order valence-corrected chi connectivity index (χ0v) is 12.2. The van der Waals surface area contributed by atoms with Crippen molar-refractivity contribution in [2.45, 2.75) is 46.6 Å². The Balaban J connectivity index is 2.93. The zero-order valence-electron chi connectivity index (χ0n) is 12.2. The number of nitrogen functional groups attached to an aromatic ring is 1. The summed E-state index contributed by atoms with van der Waals surface area (Å²) < 4.78 is 5.24. The Morgan fingerprint density at radius 1 is 1.22 bits per heavy atom. The number of ether oxygens (including phenoxy) is 1. The molecule has 1 aromatic rings. The Morgan fingerprint density at radius 2 is 1.83 bits per heavy atom. The van der Waals surface area contributed by atoms with E-state index in [1.165, 1.54) is 6.33 Å².